The maximum absolute atomic E-state index is 12.4. The van der Waals surface area contributed by atoms with Gasteiger partial charge in [-0.05, 0) is 44.6 Å². The summed E-state index contributed by atoms with van der Waals surface area (Å²) in [6, 6.07) is 1.07. The third-order valence-electron chi connectivity index (χ3n) is 1.40. The second-order valence-corrected chi connectivity index (χ2v) is 4.18. The standard InChI is InChI=1S/C7H3BrF2INO2/c8-3-1-2(5(9)10)4(7(13)14)12-6(3)11/h1,5H,(H,13,14). The lowest BCUT2D eigenvalue weighted by atomic mass is 10.2. The third kappa shape index (κ3) is 2.38. The second kappa shape index (κ2) is 4.47. The molecule has 1 N–H and O–H groups in total. The highest BCUT2D eigenvalue weighted by molar-refractivity contribution is 14.1. The Kier molecular flexibility index (Phi) is 3.76. The van der Waals surface area contributed by atoms with Crippen LogP contribution >= 0.6 is 38.5 Å². The fourth-order valence-electron chi connectivity index (χ4n) is 0.818. The molecule has 0 saturated carbocycles. The van der Waals surface area contributed by atoms with Gasteiger partial charge in [-0.25, -0.2) is 18.6 Å². The van der Waals surface area contributed by atoms with E-state index in [1.807, 2.05) is 0 Å². The highest BCUT2D eigenvalue weighted by Gasteiger charge is 2.21. The molecule has 0 radical (unpaired) electrons. The minimum atomic E-state index is -2.85. The van der Waals surface area contributed by atoms with E-state index in [4.69, 9.17) is 5.11 Å². The summed E-state index contributed by atoms with van der Waals surface area (Å²) in [6.07, 6.45) is -2.85. The van der Waals surface area contributed by atoms with Crippen molar-refractivity contribution in [2.24, 2.45) is 0 Å². The minimum Gasteiger partial charge on any atom is -0.476 e. The van der Waals surface area contributed by atoms with Crippen molar-refractivity contribution in [1.29, 1.82) is 0 Å². The number of alkyl halides is 2. The Morgan fingerprint density at radius 3 is 2.64 bits per heavy atom. The van der Waals surface area contributed by atoms with Crippen molar-refractivity contribution in [2.45, 2.75) is 6.43 Å². The highest BCUT2D eigenvalue weighted by atomic mass is 127. The first-order valence-corrected chi connectivity index (χ1v) is 5.18. The molecule has 14 heavy (non-hydrogen) atoms. The van der Waals surface area contributed by atoms with Gasteiger partial charge in [0.25, 0.3) is 6.43 Å². The molecule has 7 heteroatoms. The van der Waals surface area contributed by atoms with Gasteiger partial charge in [-0.3, -0.25) is 0 Å². The minimum absolute atomic E-state index is 0.337. The van der Waals surface area contributed by atoms with E-state index in [0.29, 0.717) is 8.17 Å². The molecule has 0 amide bonds. The summed E-state index contributed by atoms with van der Waals surface area (Å²) >= 11 is 4.76. The van der Waals surface area contributed by atoms with Gasteiger partial charge in [0.1, 0.15) is 3.70 Å². The summed E-state index contributed by atoms with van der Waals surface area (Å²) in [4.78, 5) is 14.1. The average molecular weight is 378 g/mol. The molecule has 0 aliphatic rings. The van der Waals surface area contributed by atoms with Crippen molar-refractivity contribution in [2.75, 3.05) is 0 Å². The van der Waals surface area contributed by atoms with Crippen molar-refractivity contribution in [1.82, 2.24) is 4.98 Å². The van der Waals surface area contributed by atoms with Gasteiger partial charge in [0.2, 0.25) is 0 Å². The van der Waals surface area contributed by atoms with Gasteiger partial charge >= 0.3 is 5.97 Å². The Labute approximate surface area is 99.8 Å². The first-order valence-electron chi connectivity index (χ1n) is 3.31. The van der Waals surface area contributed by atoms with E-state index in [1.165, 1.54) is 0 Å². The lowest BCUT2D eigenvalue weighted by Crippen LogP contribution is -2.07. The maximum atomic E-state index is 12.4. The zero-order chi connectivity index (χ0) is 10.9. The van der Waals surface area contributed by atoms with E-state index in [1.54, 1.807) is 22.6 Å². The van der Waals surface area contributed by atoms with E-state index in [9.17, 15) is 13.6 Å². The Balaban J connectivity index is 3.39. The predicted octanol–water partition coefficient (Wildman–Crippen LogP) is 3.08. The van der Waals surface area contributed by atoms with E-state index >= 15 is 0 Å². The highest BCUT2D eigenvalue weighted by Crippen LogP contribution is 2.27. The van der Waals surface area contributed by atoms with Crippen molar-refractivity contribution >= 4 is 44.5 Å². The first-order chi connectivity index (χ1) is 6.43. The molecule has 0 atom stereocenters. The lowest BCUT2D eigenvalue weighted by Gasteiger charge is -2.05. The summed E-state index contributed by atoms with van der Waals surface area (Å²) in [5.41, 5.74) is -1.18. The zero-order valence-corrected chi connectivity index (χ0v) is 10.2. The maximum Gasteiger partial charge on any atom is 0.355 e. The third-order valence-corrected chi connectivity index (χ3v) is 3.57. The molecule has 1 heterocycles. The number of halogens is 4. The number of nitrogens with zero attached hydrogens (tertiary/aromatic N) is 1. The van der Waals surface area contributed by atoms with Crippen LogP contribution in [0.4, 0.5) is 8.78 Å². The fourth-order valence-corrected chi connectivity index (χ4v) is 1.55. The smallest absolute Gasteiger partial charge is 0.355 e. The van der Waals surface area contributed by atoms with Crippen LogP contribution in [-0.2, 0) is 0 Å². The largest absolute Gasteiger partial charge is 0.476 e. The van der Waals surface area contributed by atoms with Gasteiger partial charge in [0, 0.05) is 4.47 Å². The van der Waals surface area contributed by atoms with Gasteiger partial charge in [0.05, 0.1) is 5.56 Å². The van der Waals surface area contributed by atoms with Crippen molar-refractivity contribution in [3.63, 3.8) is 0 Å². The van der Waals surface area contributed by atoms with E-state index in [0.717, 1.165) is 6.07 Å². The molecule has 0 saturated heterocycles. The molecular formula is C7H3BrF2INO2. The van der Waals surface area contributed by atoms with Crippen LogP contribution < -0.4 is 0 Å². The second-order valence-electron chi connectivity index (χ2n) is 2.30. The Morgan fingerprint density at radius 1 is 1.64 bits per heavy atom. The zero-order valence-electron chi connectivity index (χ0n) is 6.47. The molecule has 0 unspecified atom stereocenters. The molecule has 0 aliphatic heterocycles. The monoisotopic (exact) mass is 377 g/mol. The van der Waals surface area contributed by atoms with E-state index < -0.39 is 23.7 Å². The molecule has 0 fully saturated rings. The number of hydrogen-bond acceptors (Lipinski definition) is 2. The predicted molar refractivity (Wildman–Crippen MR) is 56.6 cm³/mol. The normalized spacial score (nSPS) is 10.6. The Hall–Kier alpha value is -0.310. The Bertz CT molecular complexity index is 386. The van der Waals surface area contributed by atoms with Gasteiger partial charge < -0.3 is 5.11 Å². The molecular weight excluding hydrogens is 375 g/mol. The number of rotatable bonds is 2. The number of aromatic carboxylic acids is 1. The summed E-state index contributed by atoms with van der Waals surface area (Å²) in [5.74, 6) is -1.45. The van der Waals surface area contributed by atoms with Crippen molar-refractivity contribution in [3.8, 4) is 0 Å². The van der Waals surface area contributed by atoms with Crippen molar-refractivity contribution < 1.29 is 18.7 Å². The molecule has 1 aromatic rings. The average Bonchev–Trinajstić information content (AvgIpc) is 2.08. The molecule has 1 rings (SSSR count). The van der Waals surface area contributed by atoms with Crippen LogP contribution in [0, 0.1) is 3.70 Å². The summed E-state index contributed by atoms with van der Waals surface area (Å²) < 4.78 is 25.4. The van der Waals surface area contributed by atoms with E-state index in [-0.39, 0.29) is 0 Å². The number of carbonyl (C=O) groups is 1. The van der Waals surface area contributed by atoms with Crippen LogP contribution in [0.2, 0.25) is 0 Å². The Morgan fingerprint density at radius 2 is 2.21 bits per heavy atom. The fraction of sp³-hybridized carbons (Fsp3) is 0.143. The number of pyridine rings is 1. The van der Waals surface area contributed by atoms with Crippen LogP contribution in [0.5, 0.6) is 0 Å². The number of carboxylic acid groups (broad SMARTS) is 1. The molecule has 0 aromatic carbocycles. The van der Waals surface area contributed by atoms with Gasteiger partial charge in [-0.15, -0.1) is 0 Å². The summed E-state index contributed by atoms with van der Waals surface area (Å²) in [5, 5.41) is 8.62. The van der Waals surface area contributed by atoms with Gasteiger partial charge in [-0.2, -0.15) is 0 Å². The number of carboxylic acids is 1. The molecule has 76 valence electrons. The van der Waals surface area contributed by atoms with Crippen molar-refractivity contribution in [3.05, 3.63) is 25.5 Å². The van der Waals surface area contributed by atoms with Crippen LogP contribution in [0.15, 0.2) is 10.5 Å². The van der Waals surface area contributed by atoms with Gasteiger partial charge in [0.15, 0.2) is 5.69 Å². The SMILES string of the molecule is O=C(O)c1nc(I)c(Br)cc1C(F)F. The van der Waals surface area contributed by atoms with Gasteiger partial charge in [-0.1, -0.05) is 0 Å². The topological polar surface area (TPSA) is 50.2 Å². The molecule has 1 aromatic heterocycles. The number of aromatic nitrogens is 1. The molecule has 0 spiro atoms. The number of hydrogen-bond donors (Lipinski definition) is 1. The molecule has 0 bridgehead atoms. The first kappa shape index (κ1) is 11.8. The van der Waals surface area contributed by atoms with Crippen LogP contribution in [0.1, 0.15) is 22.5 Å². The quantitative estimate of drug-likeness (QED) is 0.636. The van der Waals surface area contributed by atoms with Crippen LogP contribution in [0.25, 0.3) is 0 Å². The van der Waals surface area contributed by atoms with E-state index in [2.05, 4.69) is 20.9 Å². The molecule has 3 nitrogen and oxygen atoms in total. The molecule has 0 aliphatic carbocycles. The van der Waals surface area contributed by atoms with Crippen LogP contribution in [0.3, 0.4) is 0 Å². The lowest BCUT2D eigenvalue weighted by molar-refractivity contribution is 0.0676. The van der Waals surface area contributed by atoms with Crippen LogP contribution in [-0.4, -0.2) is 16.1 Å². The summed E-state index contributed by atoms with van der Waals surface area (Å²) in [7, 11) is 0. The summed E-state index contributed by atoms with van der Waals surface area (Å²) in [6.45, 7) is 0.